The number of carbonyl (C=O) groups excluding carboxylic acids is 1. The molecule has 0 aromatic carbocycles. The monoisotopic (exact) mass is 293 g/mol. The van der Waals surface area contributed by atoms with Crippen LogP contribution in [-0.4, -0.2) is 63.1 Å². The van der Waals surface area contributed by atoms with E-state index in [0.717, 1.165) is 38.6 Å². The van der Waals surface area contributed by atoms with Crippen LogP contribution in [0.3, 0.4) is 0 Å². The first-order valence-electron chi connectivity index (χ1n) is 7.88. The highest BCUT2D eigenvalue weighted by atomic mass is 16.2. The molecule has 1 saturated heterocycles. The van der Waals surface area contributed by atoms with Gasteiger partial charge in [-0.15, -0.1) is 0 Å². The second-order valence-corrected chi connectivity index (χ2v) is 6.01. The molecule has 0 spiro atoms. The van der Waals surface area contributed by atoms with Crippen molar-refractivity contribution < 1.29 is 4.79 Å². The van der Waals surface area contributed by atoms with Crippen LogP contribution in [0.5, 0.6) is 0 Å². The molecule has 1 aromatic heterocycles. The van der Waals surface area contributed by atoms with Crippen LogP contribution < -0.4 is 5.69 Å². The Morgan fingerprint density at radius 2 is 1.95 bits per heavy atom. The summed E-state index contributed by atoms with van der Waals surface area (Å²) in [6.45, 7) is 3.64. The topological polar surface area (TPSA) is 85.1 Å². The van der Waals surface area contributed by atoms with Gasteiger partial charge < -0.3 is 4.90 Å². The molecular weight excluding hydrogens is 270 g/mol. The molecule has 116 valence electrons. The maximum Gasteiger partial charge on any atom is 0.340 e. The molecule has 21 heavy (non-hydrogen) atoms. The molecule has 1 saturated carbocycles. The molecule has 2 N–H and O–H groups in total. The van der Waals surface area contributed by atoms with Crippen LogP contribution in [0.2, 0.25) is 0 Å². The highest BCUT2D eigenvalue weighted by Gasteiger charge is 2.26. The summed E-state index contributed by atoms with van der Waals surface area (Å²) >= 11 is 0. The smallest absolute Gasteiger partial charge is 0.340 e. The molecular formula is C14H23N5O2. The second-order valence-electron chi connectivity index (χ2n) is 6.01. The van der Waals surface area contributed by atoms with E-state index >= 15 is 0 Å². The first kappa shape index (κ1) is 14.3. The van der Waals surface area contributed by atoms with E-state index in [-0.39, 0.29) is 18.0 Å². The zero-order valence-corrected chi connectivity index (χ0v) is 12.3. The van der Waals surface area contributed by atoms with Gasteiger partial charge >= 0.3 is 5.69 Å². The molecule has 0 bridgehead atoms. The van der Waals surface area contributed by atoms with Gasteiger partial charge in [-0.1, -0.05) is 12.8 Å². The Bertz CT molecular complexity index is 531. The Labute approximate surface area is 123 Å². The van der Waals surface area contributed by atoms with Crippen molar-refractivity contribution in [1.29, 1.82) is 0 Å². The summed E-state index contributed by atoms with van der Waals surface area (Å²) in [6.07, 6.45) is 6.50. The van der Waals surface area contributed by atoms with Crippen LogP contribution in [-0.2, 0) is 11.2 Å². The second kappa shape index (κ2) is 6.43. The zero-order valence-electron chi connectivity index (χ0n) is 12.3. The van der Waals surface area contributed by atoms with E-state index in [1.165, 1.54) is 25.7 Å². The molecule has 2 aliphatic rings. The quantitative estimate of drug-likeness (QED) is 0.829. The maximum atomic E-state index is 12.3. The van der Waals surface area contributed by atoms with Crippen molar-refractivity contribution in [3.63, 3.8) is 0 Å². The third-order valence-electron chi connectivity index (χ3n) is 4.59. The van der Waals surface area contributed by atoms with E-state index in [0.29, 0.717) is 5.82 Å². The lowest BCUT2D eigenvalue weighted by molar-refractivity contribution is -0.130. The van der Waals surface area contributed by atoms with Crippen molar-refractivity contribution in [2.24, 2.45) is 0 Å². The zero-order chi connectivity index (χ0) is 14.7. The minimum Gasteiger partial charge on any atom is -0.341 e. The molecule has 1 aromatic rings. The van der Waals surface area contributed by atoms with Gasteiger partial charge in [0.15, 0.2) is 0 Å². The van der Waals surface area contributed by atoms with Gasteiger partial charge in [0.05, 0.1) is 6.42 Å². The fourth-order valence-electron chi connectivity index (χ4n) is 3.47. The summed E-state index contributed by atoms with van der Waals surface area (Å²) in [6, 6.07) is 0.725. The summed E-state index contributed by atoms with van der Waals surface area (Å²) in [4.78, 5) is 30.3. The maximum absolute atomic E-state index is 12.3. The summed E-state index contributed by atoms with van der Waals surface area (Å²) < 4.78 is 0. The SMILES string of the molecule is O=C(Cc1n[nH]c(=O)[nH]1)N1CCCN(C2CCCC2)CC1. The third kappa shape index (κ3) is 3.53. The van der Waals surface area contributed by atoms with E-state index < -0.39 is 0 Å². The van der Waals surface area contributed by atoms with Crippen molar-refractivity contribution >= 4 is 5.91 Å². The lowest BCUT2D eigenvalue weighted by Crippen LogP contribution is -2.39. The fourth-order valence-corrected chi connectivity index (χ4v) is 3.47. The van der Waals surface area contributed by atoms with Gasteiger partial charge in [-0.05, 0) is 19.3 Å². The van der Waals surface area contributed by atoms with Crippen molar-refractivity contribution in [2.75, 3.05) is 26.2 Å². The Balaban J connectivity index is 1.54. The number of carbonyl (C=O) groups is 1. The van der Waals surface area contributed by atoms with Crippen LogP contribution >= 0.6 is 0 Å². The van der Waals surface area contributed by atoms with Crippen LogP contribution in [0.1, 0.15) is 37.9 Å². The third-order valence-corrected chi connectivity index (χ3v) is 4.59. The number of aromatic amines is 2. The molecule has 2 fully saturated rings. The fraction of sp³-hybridized carbons (Fsp3) is 0.786. The van der Waals surface area contributed by atoms with E-state index in [1.807, 2.05) is 4.90 Å². The summed E-state index contributed by atoms with van der Waals surface area (Å²) in [5, 5.41) is 6.09. The average Bonchev–Trinajstić information content (AvgIpc) is 3.06. The molecule has 1 aliphatic carbocycles. The average molecular weight is 293 g/mol. The molecule has 1 aliphatic heterocycles. The normalized spacial score (nSPS) is 21.6. The summed E-state index contributed by atoms with van der Waals surface area (Å²) in [5.74, 6) is 0.466. The predicted molar refractivity (Wildman–Crippen MR) is 77.9 cm³/mol. The van der Waals surface area contributed by atoms with Crippen molar-refractivity contribution in [2.45, 2.75) is 44.6 Å². The molecule has 1 amide bonds. The number of hydrogen-bond acceptors (Lipinski definition) is 4. The summed E-state index contributed by atoms with van der Waals surface area (Å²) in [7, 11) is 0. The molecule has 7 heteroatoms. The van der Waals surface area contributed by atoms with E-state index in [4.69, 9.17) is 0 Å². The van der Waals surface area contributed by atoms with Gasteiger partial charge in [-0.2, -0.15) is 5.10 Å². The van der Waals surface area contributed by atoms with Crippen molar-refractivity contribution in [1.82, 2.24) is 25.0 Å². The minimum absolute atomic E-state index is 0.0472. The van der Waals surface area contributed by atoms with E-state index in [9.17, 15) is 9.59 Å². The van der Waals surface area contributed by atoms with Crippen molar-refractivity contribution in [3.8, 4) is 0 Å². The Morgan fingerprint density at radius 3 is 2.67 bits per heavy atom. The van der Waals surface area contributed by atoms with Crippen molar-refractivity contribution in [3.05, 3.63) is 16.3 Å². The number of hydrogen-bond donors (Lipinski definition) is 2. The van der Waals surface area contributed by atoms with Gasteiger partial charge in [-0.25, -0.2) is 9.89 Å². The van der Waals surface area contributed by atoms with E-state index in [2.05, 4.69) is 20.1 Å². The van der Waals surface area contributed by atoms with Gasteiger partial charge in [0.2, 0.25) is 5.91 Å². The molecule has 3 rings (SSSR count). The van der Waals surface area contributed by atoms with Gasteiger partial charge in [0, 0.05) is 32.2 Å². The highest BCUT2D eigenvalue weighted by Crippen LogP contribution is 2.24. The van der Waals surface area contributed by atoms with Gasteiger partial charge in [-0.3, -0.25) is 14.7 Å². The number of nitrogens with zero attached hydrogens (tertiary/aromatic N) is 3. The van der Waals surface area contributed by atoms with Crippen LogP contribution in [0.15, 0.2) is 4.79 Å². The predicted octanol–water partition coefficient (Wildman–Crippen LogP) is 0.117. The Hall–Kier alpha value is -1.63. The van der Waals surface area contributed by atoms with Crippen LogP contribution in [0, 0.1) is 0 Å². The number of H-pyrrole nitrogens is 2. The van der Waals surface area contributed by atoms with E-state index in [1.54, 1.807) is 0 Å². The lowest BCUT2D eigenvalue weighted by Gasteiger charge is -2.27. The largest absolute Gasteiger partial charge is 0.341 e. The Morgan fingerprint density at radius 1 is 1.14 bits per heavy atom. The number of aromatic nitrogens is 3. The number of rotatable bonds is 3. The van der Waals surface area contributed by atoms with Gasteiger partial charge in [0.1, 0.15) is 5.82 Å². The molecule has 0 atom stereocenters. The Kier molecular flexibility index (Phi) is 4.38. The number of nitrogens with one attached hydrogen (secondary N) is 2. The number of amides is 1. The highest BCUT2D eigenvalue weighted by molar-refractivity contribution is 5.77. The van der Waals surface area contributed by atoms with Gasteiger partial charge in [0.25, 0.3) is 0 Å². The first-order chi connectivity index (χ1) is 10.2. The standard InChI is InChI=1S/C14H23N5O2/c20-13(10-12-15-14(21)17-16-12)19-7-3-6-18(8-9-19)11-4-1-2-5-11/h11H,1-10H2,(H2,15,16,17,21). The first-order valence-corrected chi connectivity index (χ1v) is 7.88. The van der Waals surface area contributed by atoms with Crippen LogP contribution in [0.25, 0.3) is 0 Å². The molecule has 0 radical (unpaired) electrons. The molecule has 2 heterocycles. The van der Waals surface area contributed by atoms with Crippen LogP contribution in [0.4, 0.5) is 0 Å². The molecule has 7 nitrogen and oxygen atoms in total. The molecule has 0 unspecified atom stereocenters. The summed E-state index contributed by atoms with van der Waals surface area (Å²) in [5.41, 5.74) is -0.360. The minimum atomic E-state index is -0.360. The lowest BCUT2D eigenvalue weighted by atomic mass is 10.2.